The number of anilines is 2. The summed E-state index contributed by atoms with van der Waals surface area (Å²) in [6, 6.07) is 16.1. The van der Waals surface area contributed by atoms with Gasteiger partial charge in [-0.2, -0.15) is 9.97 Å². The third kappa shape index (κ3) is 6.07. The lowest BCUT2D eigenvalue weighted by atomic mass is 10.2. The Morgan fingerprint density at radius 2 is 1.24 bits per heavy atom. The van der Waals surface area contributed by atoms with Crippen molar-refractivity contribution in [3.63, 3.8) is 0 Å². The molecule has 0 saturated heterocycles. The van der Waals surface area contributed by atoms with Crippen LogP contribution in [0.1, 0.15) is 11.1 Å². The lowest BCUT2D eigenvalue weighted by Crippen LogP contribution is -2.08. The van der Waals surface area contributed by atoms with Gasteiger partial charge in [0, 0.05) is 11.1 Å². The molecular formula is C32H26F2N12O4. The second kappa shape index (κ2) is 13.3. The molecule has 0 bridgehead atoms. The van der Waals surface area contributed by atoms with Gasteiger partial charge in [-0.1, -0.05) is 16.5 Å². The number of ether oxygens (including phenoxy) is 2. The second-order valence-electron chi connectivity index (χ2n) is 10.5. The van der Waals surface area contributed by atoms with E-state index < -0.39 is 11.6 Å². The normalized spacial score (nSPS) is 11.1. The van der Waals surface area contributed by atoms with Gasteiger partial charge in [0.1, 0.15) is 34.5 Å². The summed E-state index contributed by atoms with van der Waals surface area (Å²) in [5, 5.41) is 16.3. The summed E-state index contributed by atoms with van der Waals surface area (Å²) in [5.74, 6) is 1.17. The highest BCUT2D eigenvalue weighted by Gasteiger charge is 2.20. The highest BCUT2D eigenvalue weighted by Crippen LogP contribution is 2.29. The van der Waals surface area contributed by atoms with Crippen molar-refractivity contribution in [1.82, 2.24) is 49.9 Å². The fourth-order valence-corrected chi connectivity index (χ4v) is 5.13. The molecule has 6 heterocycles. The van der Waals surface area contributed by atoms with Gasteiger partial charge in [-0.25, -0.2) is 28.1 Å². The Kier molecular flexibility index (Phi) is 8.38. The zero-order valence-electron chi connectivity index (χ0n) is 26.4. The van der Waals surface area contributed by atoms with E-state index in [0.717, 1.165) is 11.3 Å². The number of benzene rings is 2. The average Bonchev–Trinajstić information content (AvgIpc) is 3.95. The maximum absolute atomic E-state index is 13.9. The van der Waals surface area contributed by atoms with Crippen molar-refractivity contribution < 1.29 is 27.1 Å². The van der Waals surface area contributed by atoms with Crippen LogP contribution in [0.4, 0.5) is 20.7 Å². The number of hydrogen-bond acceptors (Lipinski definition) is 14. The van der Waals surface area contributed by atoms with Crippen LogP contribution in [-0.2, 0) is 13.1 Å². The third-order valence-corrected chi connectivity index (χ3v) is 7.45. The average molecular weight is 681 g/mol. The lowest BCUT2D eigenvalue weighted by molar-refractivity contribution is 0.397. The molecule has 0 aliphatic rings. The quantitative estimate of drug-likeness (QED) is 0.226. The number of aromatic nitrogens is 10. The van der Waals surface area contributed by atoms with Crippen LogP contribution in [0.5, 0.6) is 11.5 Å². The monoisotopic (exact) mass is 680 g/mol. The molecule has 18 heteroatoms. The van der Waals surface area contributed by atoms with Gasteiger partial charge in [-0.3, -0.25) is 0 Å². The minimum atomic E-state index is -0.674. The van der Waals surface area contributed by atoms with Gasteiger partial charge in [0.15, 0.2) is 33.8 Å². The molecule has 0 spiro atoms. The maximum Gasteiger partial charge on any atom is 0.222 e. The van der Waals surface area contributed by atoms with Crippen LogP contribution in [-0.4, -0.2) is 64.1 Å². The zero-order valence-corrected chi connectivity index (χ0v) is 26.4. The summed E-state index contributed by atoms with van der Waals surface area (Å²) < 4.78 is 52.0. The molecule has 16 nitrogen and oxygen atoms in total. The Morgan fingerprint density at radius 3 is 1.74 bits per heavy atom. The van der Waals surface area contributed by atoms with Gasteiger partial charge < -0.3 is 29.8 Å². The van der Waals surface area contributed by atoms with Crippen molar-refractivity contribution in [1.29, 1.82) is 0 Å². The van der Waals surface area contributed by atoms with Crippen LogP contribution in [0, 0.1) is 11.6 Å². The van der Waals surface area contributed by atoms with Crippen molar-refractivity contribution in [3.05, 3.63) is 96.0 Å². The molecule has 0 amide bonds. The van der Waals surface area contributed by atoms with Crippen LogP contribution in [0.3, 0.4) is 0 Å². The second-order valence-corrected chi connectivity index (χ2v) is 10.5. The van der Waals surface area contributed by atoms with Gasteiger partial charge in [0.05, 0.1) is 39.8 Å². The lowest BCUT2D eigenvalue weighted by Gasteiger charge is -2.10. The fraction of sp³-hybridized carbons (Fsp3) is 0.125. The molecular weight excluding hydrogens is 654 g/mol. The van der Waals surface area contributed by atoms with E-state index in [4.69, 9.17) is 29.8 Å². The molecule has 0 unspecified atom stereocenters. The minimum absolute atomic E-state index is 0.0218. The van der Waals surface area contributed by atoms with Gasteiger partial charge in [-0.05, 0) is 54.6 Å². The first-order chi connectivity index (χ1) is 24.3. The number of halogens is 2. The van der Waals surface area contributed by atoms with Crippen LogP contribution >= 0.6 is 0 Å². The van der Waals surface area contributed by atoms with Crippen molar-refractivity contribution in [2.24, 2.45) is 0 Å². The molecule has 4 N–H and O–H groups in total. The van der Waals surface area contributed by atoms with Crippen LogP contribution in [0.2, 0.25) is 0 Å². The highest BCUT2D eigenvalue weighted by atomic mass is 19.1. The highest BCUT2D eigenvalue weighted by molar-refractivity contribution is 5.86. The first-order valence-electron chi connectivity index (χ1n) is 14.8. The molecule has 8 aromatic rings. The molecule has 0 aliphatic heterocycles. The summed E-state index contributed by atoms with van der Waals surface area (Å²) in [4.78, 5) is 16.7. The number of nitrogens with zero attached hydrogens (tertiary/aromatic N) is 10. The molecule has 0 saturated carbocycles. The first kappa shape index (κ1) is 31.6. The standard InChI is InChI=1S/C17H16N6O3.C15H10F2N6O/c1-24-11-5-6-12(25-2)10(8-11)9-23-16-15(21-22-23)14(19-17(18)20-16)13-4-3-7-26-13;16-9-3-1-4-10(17)8(9)7-23-14-13(21-22-23)12(19-15(18)20-14)11-5-2-6-24-11/h3-8H,9H2,1-2H3,(H2,18,19,20);1-6H,7H2,(H2,18,19,20). The molecule has 2 aromatic carbocycles. The number of rotatable bonds is 8. The van der Waals surface area contributed by atoms with Crippen molar-refractivity contribution in [2.45, 2.75) is 13.1 Å². The van der Waals surface area contributed by atoms with E-state index >= 15 is 0 Å². The Morgan fingerprint density at radius 1 is 0.680 bits per heavy atom. The molecule has 6 aromatic heterocycles. The minimum Gasteiger partial charge on any atom is -0.497 e. The van der Waals surface area contributed by atoms with Crippen LogP contribution in [0.15, 0.2) is 82.0 Å². The Balaban J connectivity index is 0.000000157. The first-order valence-corrected chi connectivity index (χ1v) is 14.8. The number of furan rings is 2. The van der Waals surface area contributed by atoms with Gasteiger partial charge >= 0.3 is 0 Å². The van der Waals surface area contributed by atoms with Gasteiger partial charge in [0.2, 0.25) is 11.9 Å². The Labute approximate surface area is 280 Å². The molecule has 8 rings (SSSR count). The van der Waals surface area contributed by atoms with Crippen molar-refractivity contribution in [2.75, 3.05) is 25.7 Å². The number of hydrogen-bond donors (Lipinski definition) is 2. The number of nitrogen functional groups attached to an aromatic ring is 2. The Bertz CT molecular complexity index is 2410. The van der Waals surface area contributed by atoms with Gasteiger partial charge in [-0.15, -0.1) is 10.2 Å². The van der Waals surface area contributed by atoms with Crippen molar-refractivity contribution >= 4 is 34.2 Å². The summed E-state index contributed by atoms with van der Waals surface area (Å²) in [5.41, 5.74) is 14.8. The molecule has 252 valence electrons. The van der Waals surface area contributed by atoms with Gasteiger partial charge in [0.25, 0.3) is 0 Å². The smallest absolute Gasteiger partial charge is 0.222 e. The molecule has 0 fully saturated rings. The van der Waals surface area contributed by atoms with Crippen LogP contribution in [0.25, 0.3) is 45.2 Å². The maximum atomic E-state index is 13.9. The Hall–Kier alpha value is -6.98. The van der Waals surface area contributed by atoms with E-state index in [9.17, 15) is 8.78 Å². The number of methoxy groups -OCH3 is 2. The van der Waals surface area contributed by atoms with E-state index in [1.807, 2.05) is 18.2 Å². The van der Waals surface area contributed by atoms with Crippen molar-refractivity contribution in [3.8, 4) is 34.4 Å². The van der Waals surface area contributed by atoms with E-state index in [2.05, 4.69) is 40.6 Å². The molecule has 50 heavy (non-hydrogen) atoms. The summed E-state index contributed by atoms with van der Waals surface area (Å²) in [6.07, 6.45) is 3.05. The number of fused-ring (bicyclic) bond motifs is 2. The molecule has 0 radical (unpaired) electrons. The predicted molar refractivity (Wildman–Crippen MR) is 175 cm³/mol. The molecule has 0 atom stereocenters. The fourth-order valence-electron chi connectivity index (χ4n) is 5.13. The van der Waals surface area contributed by atoms with E-state index in [-0.39, 0.29) is 29.7 Å². The zero-order chi connectivity index (χ0) is 34.8. The summed E-state index contributed by atoms with van der Waals surface area (Å²) in [6.45, 7) is 0.202. The summed E-state index contributed by atoms with van der Waals surface area (Å²) >= 11 is 0. The SMILES string of the molecule is COc1ccc(OC)c(Cn2nnc3c(-c4ccco4)nc(N)nc32)c1.Nc1nc(-c2ccco2)c2nnn(Cc3c(F)cccc3F)c2n1. The van der Waals surface area contributed by atoms with Crippen LogP contribution < -0.4 is 20.9 Å². The topological polar surface area (TPSA) is 210 Å². The predicted octanol–water partition coefficient (Wildman–Crippen LogP) is 4.52. The van der Waals surface area contributed by atoms with E-state index in [1.165, 1.54) is 29.1 Å². The van der Waals surface area contributed by atoms with E-state index in [1.54, 1.807) is 49.4 Å². The largest absolute Gasteiger partial charge is 0.497 e. The number of nitrogens with two attached hydrogens (primary N) is 2. The molecule has 0 aliphatic carbocycles. The van der Waals surface area contributed by atoms with E-state index in [0.29, 0.717) is 51.9 Å². The third-order valence-electron chi connectivity index (χ3n) is 7.45. The summed E-state index contributed by atoms with van der Waals surface area (Å²) in [7, 11) is 3.22.